The number of ether oxygens (including phenoxy) is 1. The van der Waals surface area contributed by atoms with Gasteiger partial charge in [0.25, 0.3) is 0 Å². The molecule has 0 aliphatic carbocycles. The second kappa shape index (κ2) is 7.98. The van der Waals surface area contributed by atoms with Gasteiger partial charge >= 0.3 is 0 Å². The standard InChI is InChI=1S/C19H25OS2/c1-16-10-12-18(13-11-16)21-15-19(2,22(3)4)14-20-17-8-6-5-7-9-17/h5-13H,14-15H2,1-4H3/q+1. The lowest BCUT2D eigenvalue weighted by Gasteiger charge is -2.26. The van der Waals surface area contributed by atoms with Gasteiger partial charge in [-0.3, -0.25) is 0 Å². The lowest BCUT2D eigenvalue weighted by Crippen LogP contribution is -2.42. The van der Waals surface area contributed by atoms with Crippen LogP contribution in [0.15, 0.2) is 59.5 Å². The molecule has 0 aliphatic heterocycles. The highest BCUT2D eigenvalue weighted by Crippen LogP contribution is 2.28. The number of hydrogen-bond acceptors (Lipinski definition) is 2. The summed E-state index contributed by atoms with van der Waals surface area (Å²) >= 11 is 1.93. The number of rotatable bonds is 7. The summed E-state index contributed by atoms with van der Waals surface area (Å²) in [5.74, 6) is 2.03. The Balaban J connectivity index is 1.96. The molecule has 2 aromatic carbocycles. The molecule has 22 heavy (non-hydrogen) atoms. The molecule has 1 atom stereocenters. The van der Waals surface area contributed by atoms with Crippen LogP contribution in [-0.4, -0.2) is 29.6 Å². The van der Waals surface area contributed by atoms with Crippen molar-refractivity contribution in [3.63, 3.8) is 0 Å². The molecular weight excluding hydrogens is 308 g/mol. The van der Waals surface area contributed by atoms with Gasteiger partial charge in [-0.2, -0.15) is 0 Å². The van der Waals surface area contributed by atoms with Gasteiger partial charge in [-0.1, -0.05) is 35.9 Å². The van der Waals surface area contributed by atoms with Crippen LogP contribution in [0.3, 0.4) is 0 Å². The Morgan fingerprint density at radius 3 is 2.23 bits per heavy atom. The minimum atomic E-state index is 0.172. The third-order valence-corrected chi connectivity index (χ3v) is 7.64. The maximum atomic E-state index is 6.03. The van der Waals surface area contributed by atoms with Crippen LogP contribution in [0.2, 0.25) is 0 Å². The minimum absolute atomic E-state index is 0.172. The molecule has 1 nitrogen and oxygen atoms in total. The molecule has 3 heteroatoms. The SMILES string of the molecule is Cc1ccc(SCC(C)(COc2ccccc2)[S+](C)C)cc1. The highest BCUT2D eigenvalue weighted by Gasteiger charge is 2.38. The maximum absolute atomic E-state index is 6.03. The molecule has 0 saturated carbocycles. The lowest BCUT2D eigenvalue weighted by atomic mass is 10.2. The smallest absolute Gasteiger partial charge is 0.167 e. The van der Waals surface area contributed by atoms with E-state index in [1.807, 2.05) is 42.1 Å². The molecule has 0 spiro atoms. The molecule has 0 radical (unpaired) electrons. The third-order valence-electron chi connectivity index (χ3n) is 3.84. The van der Waals surface area contributed by atoms with Gasteiger partial charge < -0.3 is 4.74 Å². The number of thioether (sulfide) groups is 1. The van der Waals surface area contributed by atoms with Crippen LogP contribution < -0.4 is 4.74 Å². The topological polar surface area (TPSA) is 9.23 Å². The van der Waals surface area contributed by atoms with E-state index in [0.717, 1.165) is 18.1 Å². The van der Waals surface area contributed by atoms with Gasteiger partial charge in [-0.25, -0.2) is 0 Å². The van der Waals surface area contributed by atoms with Crippen molar-refractivity contribution in [1.29, 1.82) is 0 Å². The van der Waals surface area contributed by atoms with E-state index >= 15 is 0 Å². The molecule has 0 N–H and O–H groups in total. The number of para-hydroxylation sites is 1. The van der Waals surface area contributed by atoms with Crippen molar-refractivity contribution in [2.45, 2.75) is 23.5 Å². The highest BCUT2D eigenvalue weighted by atomic mass is 32.2. The Hall–Kier alpha value is -1.06. The number of benzene rings is 2. The van der Waals surface area contributed by atoms with E-state index < -0.39 is 0 Å². The van der Waals surface area contributed by atoms with Crippen LogP contribution in [0, 0.1) is 6.92 Å². The lowest BCUT2D eigenvalue weighted by molar-refractivity contribution is 0.288. The summed E-state index contributed by atoms with van der Waals surface area (Å²) in [6.07, 6.45) is 4.62. The van der Waals surface area contributed by atoms with Crippen molar-refractivity contribution < 1.29 is 4.74 Å². The average Bonchev–Trinajstić information content (AvgIpc) is 2.53. The Bertz CT molecular complexity index is 566. The normalized spacial score (nSPS) is 13.9. The molecule has 0 aromatic heterocycles. The molecule has 0 saturated heterocycles. The molecule has 0 amide bonds. The Morgan fingerprint density at radius 2 is 1.64 bits per heavy atom. The zero-order valence-electron chi connectivity index (χ0n) is 13.8. The fourth-order valence-electron chi connectivity index (χ4n) is 1.90. The molecule has 1 unspecified atom stereocenters. The van der Waals surface area contributed by atoms with Crippen molar-refractivity contribution in [1.82, 2.24) is 0 Å². The first kappa shape index (κ1) is 17.3. The van der Waals surface area contributed by atoms with E-state index in [1.165, 1.54) is 10.5 Å². The van der Waals surface area contributed by atoms with Crippen molar-refractivity contribution in [2.75, 3.05) is 24.9 Å². The fraction of sp³-hybridized carbons (Fsp3) is 0.368. The van der Waals surface area contributed by atoms with E-state index in [9.17, 15) is 0 Å². The first-order valence-electron chi connectivity index (χ1n) is 7.45. The summed E-state index contributed by atoms with van der Waals surface area (Å²) in [5, 5.41) is 0. The molecule has 0 heterocycles. The second-order valence-electron chi connectivity index (χ2n) is 5.97. The van der Waals surface area contributed by atoms with Gasteiger partial charge in [0, 0.05) is 4.90 Å². The Kier molecular flexibility index (Phi) is 6.27. The van der Waals surface area contributed by atoms with Gasteiger partial charge in [-0.05, 0) is 49.0 Å². The summed E-state index contributed by atoms with van der Waals surface area (Å²) in [5.41, 5.74) is 1.31. The molecule has 0 bridgehead atoms. The van der Waals surface area contributed by atoms with Crippen LogP contribution in [0.25, 0.3) is 0 Å². The van der Waals surface area contributed by atoms with Crippen LogP contribution >= 0.6 is 11.8 Å². The predicted molar refractivity (Wildman–Crippen MR) is 101 cm³/mol. The summed E-state index contributed by atoms with van der Waals surface area (Å²) in [6.45, 7) is 5.22. The Labute approximate surface area is 141 Å². The van der Waals surface area contributed by atoms with Gasteiger partial charge in [0.1, 0.15) is 12.4 Å². The summed E-state index contributed by atoms with van der Waals surface area (Å²) in [6, 6.07) is 18.9. The van der Waals surface area contributed by atoms with Crippen molar-refractivity contribution >= 4 is 22.7 Å². The zero-order valence-corrected chi connectivity index (χ0v) is 15.5. The number of aryl methyl sites for hydroxylation is 1. The predicted octanol–water partition coefficient (Wildman–Crippen LogP) is 4.80. The van der Waals surface area contributed by atoms with Gasteiger partial charge in [0.2, 0.25) is 0 Å². The molecule has 2 aromatic rings. The second-order valence-corrected chi connectivity index (χ2v) is 9.64. The van der Waals surface area contributed by atoms with E-state index in [4.69, 9.17) is 4.74 Å². The Morgan fingerprint density at radius 1 is 1.00 bits per heavy atom. The molecule has 2 rings (SSSR count). The largest absolute Gasteiger partial charge is 0.488 e. The number of hydrogen-bond donors (Lipinski definition) is 0. The fourth-order valence-corrected chi connectivity index (χ4v) is 4.20. The van der Waals surface area contributed by atoms with Crippen LogP contribution in [0.4, 0.5) is 0 Å². The monoisotopic (exact) mass is 333 g/mol. The first-order chi connectivity index (χ1) is 10.5. The summed E-state index contributed by atoms with van der Waals surface area (Å²) < 4.78 is 6.21. The van der Waals surface area contributed by atoms with E-state index in [2.05, 4.69) is 50.6 Å². The molecule has 0 fully saturated rings. The van der Waals surface area contributed by atoms with Crippen LogP contribution in [0.5, 0.6) is 5.75 Å². The highest BCUT2D eigenvalue weighted by molar-refractivity contribution is 8.02. The van der Waals surface area contributed by atoms with Gasteiger partial charge in [-0.15, -0.1) is 11.8 Å². The summed E-state index contributed by atoms with van der Waals surface area (Å²) in [4.78, 5) is 1.34. The zero-order chi connectivity index (χ0) is 16.0. The third kappa shape index (κ3) is 4.99. The maximum Gasteiger partial charge on any atom is 0.167 e. The van der Waals surface area contributed by atoms with Crippen molar-refractivity contribution in [3.05, 3.63) is 60.2 Å². The van der Waals surface area contributed by atoms with Crippen LogP contribution in [-0.2, 0) is 10.9 Å². The molecule has 0 aliphatic rings. The summed E-state index contributed by atoms with van der Waals surface area (Å²) in [7, 11) is 0.284. The first-order valence-corrected chi connectivity index (χ1v) is 10.5. The average molecular weight is 334 g/mol. The van der Waals surface area contributed by atoms with Gasteiger partial charge in [0.05, 0.1) is 18.3 Å². The minimum Gasteiger partial charge on any atom is -0.488 e. The molecular formula is C19H25OS2+. The van der Waals surface area contributed by atoms with Crippen molar-refractivity contribution in [3.8, 4) is 5.75 Å². The van der Waals surface area contributed by atoms with E-state index in [-0.39, 0.29) is 15.6 Å². The van der Waals surface area contributed by atoms with E-state index in [0.29, 0.717) is 0 Å². The molecule has 118 valence electrons. The van der Waals surface area contributed by atoms with Crippen molar-refractivity contribution in [2.24, 2.45) is 0 Å². The van der Waals surface area contributed by atoms with E-state index in [1.54, 1.807) is 0 Å². The quantitative estimate of drug-likeness (QED) is 0.531. The van der Waals surface area contributed by atoms with Gasteiger partial charge in [0.15, 0.2) is 4.75 Å². The van der Waals surface area contributed by atoms with Crippen LogP contribution in [0.1, 0.15) is 12.5 Å².